The van der Waals surface area contributed by atoms with Crippen LogP contribution < -0.4 is 5.73 Å². The molecule has 2 heteroatoms. The van der Waals surface area contributed by atoms with Crippen molar-refractivity contribution in [3.05, 3.63) is 28.8 Å². The first kappa shape index (κ1) is 9.78. The lowest BCUT2D eigenvalue weighted by atomic mass is 9.97. The zero-order valence-corrected chi connectivity index (χ0v) is 8.35. The normalized spacial score (nSPS) is 10.1. The number of rotatable bonds is 2. The topological polar surface area (TPSA) is 43.1 Å². The molecule has 1 aromatic carbocycles. The van der Waals surface area contributed by atoms with Crippen molar-refractivity contribution >= 4 is 11.5 Å². The third-order valence-electron chi connectivity index (χ3n) is 2.15. The molecule has 0 heterocycles. The first-order valence-electron chi connectivity index (χ1n) is 4.46. The molecule has 0 aliphatic heterocycles. The van der Waals surface area contributed by atoms with Crippen LogP contribution in [0.3, 0.4) is 0 Å². The molecule has 0 saturated heterocycles. The van der Waals surface area contributed by atoms with Crippen LogP contribution in [0.1, 0.15) is 34.8 Å². The van der Waals surface area contributed by atoms with Crippen molar-refractivity contribution in [2.24, 2.45) is 0 Å². The van der Waals surface area contributed by atoms with E-state index in [9.17, 15) is 4.79 Å². The largest absolute Gasteiger partial charge is 0.399 e. The lowest BCUT2D eigenvalue weighted by Gasteiger charge is -2.08. The van der Waals surface area contributed by atoms with Crippen molar-refractivity contribution in [3.63, 3.8) is 0 Å². The first-order chi connectivity index (χ1) is 6.06. The molecule has 13 heavy (non-hydrogen) atoms. The van der Waals surface area contributed by atoms with Gasteiger partial charge in [0.2, 0.25) is 0 Å². The molecule has 0 aliphatic carbocycles. The van der Waals surface area contributed by atoms with Crippen LogP contribution >= 0.6 is 0 Å². The van der Waals surface area contributed by atoms with E-state index in [1.165, 1.54) is 0 Å². The summed E-state index contributed by atoms with van der Waals surface area (Å²) in [6, 6.07) is 3.69. The van der Waals surface area contributed by atoms with Crippen LogP contribution in [0.4, 0.5) is 5.69 Å². The van der Waals surface area contributed by atoms with Crippen LogP contribution in [0.2, 0.25) is 0 Å². The molecule has 70 valence electrons. The van der Waals surface area contributed by atoms with E-state index < -0.39 is 0 Å². The molecular weight excluding hydrogens is 162 g/mol. The minimum absolute atomic E-state index is 0.190. The Morgan fingerprint density at radius 3 is 2.15 bits per heavy atom. The van der Waals surface area contributed by atoms with Crippen molar-refractivity contribution in [1.82, 2.24) is 0 Å². The fourth-order valence-electron chi connectivity index (χ4n) is 1.61. The van der Waals surface area contributed by atoms with E-state index in [1.54, 1.807) is 0 Å². The average Bonchev–Trinajstić information content (AvgIpc) is 2.02. The minimum atomic E-state index is 0.190. The quantitative estimate of drug-likeness (QED) is 0.557. The number of carbonyl (C=O) groups is 1. The summed E-state index contributed by atoms with van der Waals surface area (Å²) in [6.07, 6.45) is 0.547. The number of benzene rings is 1. The lowest BCUT2D eigenvalue weighted by molar-refractivity contribution is 0.0987. The van der Waals surface area contributed by atoms with E-state index >= 15 is 0 Å². The second-order valence-corrected chi connectivity index (χ2v) is 3.31. The van der Waals surface area contributed by atoms with Crippen molar-refractivity contribution in [3.8, 4) is 0 Å². The van der Waals surface area contributed by atoms with Gasteiger partial charge in [-0.25, -0.2) is 0 Å². The second-order valence-electron chi connectivity index (χ2n) is 3.31. The molecule has 1 rings (SSSR count). The predicted octanol–water partition coefficient (Wildman–Crippen LogP) is 2.48. The van der Waals surface area contributed by atoms with Gasteiger partial charge in [0.15, 0.2) is 5.78 Å². The van der Waals surface area contributed by atoms with Crippen LogP contribution in [0.5, 0.6) is 0 Å². The van der Waals surface area contributed by atoms with Gasteiger partial charge in [0.25, 0.3) is 0 Å². The third-order valence-corrected chi connectivity index (χ3v) is 2.15. The number of nitrogen functional groups attached to an aromatic ring is 1. The Balaban J connectivity index is 3.28. The fraction of sp³-hybridized carbons (Fsp3) is 0.364. The SMILES string of the molecule is CCC(=O)c1c(C)cc(N)cc1C. The number of hydrogen-bond donors (Lipinski definition) is 1. The first-order valence-corrected chi connectivity index (χ1v) is 4.46. The summed E-state index contributed by atoms with van der Waals surface area (Å²) in [4.78, 5) is 11.5. The summed E-state index contributed by atoms with van der Waals surface area (Å²) < 4.78 is 0. The molecule has 0 radical (unpaired) electrons. The molecule has 0 bridgehead atoms. The molecule has 0 fully saturated rings. The molecule has 2 nitrogen and oxygen atoms in total. The van der Waals surface area contributed by atoms with Crippen LogP contribution in [0, 0.1) is 13.8 Å². The highest BCUT2D eigenvalue weighted by atomic mass is 16.1. The summed E-state index contributed by atoms with van der Waals surface area (Å²) in [5, 5.41) is 0. The van der Waals surface area contributed by atoms with Crippen LogP contribution in [0.25, 0.3) is 0 Å². The predicted molar refractivity (Wildman–Crippen MR) is 54.9 cm³/mol. The van der Waals surface area contributed by atoms with Crippen LogP contribution in [-0.2, 0) is 0 Å². The number of hydrogen-bond acceptors (Lipinski definition) is 2. The van der Waals surface area contributed by atoms with E-state index in [2.05, 4.69) is 0 Å². The monoisotopic (exact) mass is 177 g/mol. The summed E-state index contributed by atoms with van der Waals surface area (Å²) in [7, 11) is 0. The highest BCUT2D eigenvalue weighted by Crippen LogP contribution is 2.19. The van der Waals surface area contributed by atoms with E-state index in [0.29, 0.717) is 6.42 Å². The molecular formula is C11H15NO. The summed E-state index contributed by atoms with van der Waals surface area (Å²) >= 11 is 0. The van der Waals surface area contributed by atoms with Gasteiger partial charge in [-0.15, -0.1) is 0 Å². The Morgan fingerprint density at radius 1 is 1.31 bits per heavy atom. The maximum Gasteiger partial charge on any atom is 0.163 e. The van der Waals surface area contributed by atoms with Crippen molar-refractivity contribution in [2.75, 3.05) is 5.73 Å². The van der Waals surface area contributed by atoms with Gasteiger partial charge in [0.1, 0.15) is 0 Å². The Labute approximate surface area is 78.8 Å². The smallest absolute Gasteiger partial charge is 0.163 e. The standard InChI is InChI=1S/C11H15NO/c1-4-10(13)11-7(2)5-9(12)6-8(11)3/h5-6H,4,12H2,1-3H3. The number of carbonyl (C=O) groups excluding carboxylic acids is 1. The van der Waals surface area contributed by atoms with Crippen molar-refractivity contribution in [1.29, 1.82) is 0 Å². The molecule has 0 saturated carbocycles. The molecule has 0 amide bonds. The Morgan fingerprint density at radius 2 is 1.77 bits per heavy atom. The molecule has 0 aromatic heterocycles. The molecule has 0 aliphatic rings. The van der Waals surface area contributed by atoms with Crippen molar-refractivity contribution in [2.45, 2.75) is 27.2 Å². The van der Waals surface area contributed by atoms with E-state index in [1.807, 2.05) is 32.9 Å². The Hall–Kier alpha value is -1.31. The zero-order valence-electron chi connectivity index (χ0n) is 8.35. The molecule has 2 N–H and O–H groups in total. The summed E-state index contributed by atoms with van der Waals surface area (Å²) in [6.45, 7) is 5.72. The van der Waals surface area contributed by atoms with Crippen LogP contribution in [-0.4, -0.2) is 5.78 Å². The van der Waals surface area contributed by atoms with E-state index in [-0.39, 0.29) is 5.78 Å². The van der Waals surface area contributed by atoms with Gasteiger partial charge in [-0.1, -0.05) is 6.92 Å². The lowest BCUT2D eigenvalue weighted by Crippen LogP contribution is -2.04. The second kappa shape index (κ2) is 3.60. The Kier molecular flexibility index (Phi) is 2.71. The number of ketones is 1. The highest BCUT2D eigenvalue weighted by Gasteiger charge is 2.10. The fourth-order valence-corrected chi connectivity index (χ4v) is 1.61. The number of Topliss-reactive ketones (excluding diaryl/α,β-unsaturated/α-hetero) is 1. The molecule has 0 spiro atoms. The van der Waals surface area contributed by atoms with Gasteiger partial charge in [-0.05, 0) is 37.1 Å². The van der Waals surface area contributed by atoms with Gasteiger partial charge in [-0.3, -0.25) is 4.79 Å². The van der Waals surface area contributed by atoms with Crippen molar-refractivity contribution < 1.29 is 4.79 Å². The number of aryl methyl sites for hydroxylation is 2. The van der Waals surface area contributed by atoms with E-state index in [4.69, 9.17) is 5.73 Å². The van der Waals surface area contributed by atoms with Gasteiger partial charge < -0.3 is 5.73 Å². The number of nitrogens with two attached hydrogens (primary N) is 1. The number of anilines is 1. The summed E-state index contributed by atoms with van der Waals surface area (Å²) in [5.41, 5.74) is 9.17. The van der Waals surface area contributed by atoms with Gasteiger partial charge in [0.05, 0.1) is 0 Å². The maximum absolute atomic E-state index is 11.5. The molecule has 0 atom stereocenters. The van der Waals surface area contributed by atoms with Crippen LogP contribution in [0.15, 0.2) is 12.1 Å². The zero-order chi connectivity index (χ0) is 10.0. The average molecular weight is 177 g/mol. The van der Waals surface area contributed by atoms with Gasteiger partial charge >= 0.3 is 0 Å². The third kappa shape index (κ3) is 1.89. The molecule has 1 aromatic rings. The van der Waals surface area contributed by atoms with E-state index in [0.717, 1.165) is 22.4 Å². The summed E-state index contributed by atoms with van der Waals surface area (Å²) in [5.74, 6) is 0.190. The van der Waals surface area contributed by atoms with Gasteiger partial charge in [0, 0.05) is 17.7 Å². The molecule has 0 unspecified atom stereocenters. The maximum atomic E-state index is 11.5. The Bertz CT molecular complexity index is 319. The minimum Gasteiger partial charge on any atom is -0.399 e. The van der Waals surface area contributed by atoms with Gasteiger partial charge in [-0.2, -0.15) is 0 Å². The highest BCUT2D eigenvalue weighted by molar-refractivity contribution is 5.99.